The van der Waals surface area contributed by atoms with Crippen LogP contribution in [0.15, 0.2) is 67.0 Å². The molecule has 150 valence electrons. The van der Waals surface area contributed by atoms with Gasteiger partial charge in [0.1, 0.15) is 5.82 Å². The third-order valence-corrected chi connectivity index (χ3v) is 4.62. The van der Waals surface area contributed by atoms with E-state index >= 15 is 0 Å². The number of amides is 3. The van der Waals surface area contributed by atoms with Gasteiger partial charge in [-0.2, -0.15) is 0 Å². The van der Waals surface area contributed by atoms with E-state index in [2.05, 4.69) is 20.6 Å². The number of nitrogen functional groups attached to an aromatic ring is 1. The van der Waals surface area contributed by atoms with E-state index in [0.29, 0.717) is 17.1 Å². The van der Waals surface area contributed by atoms with Crippen LogP contribution in [0.5, 0.6) is 0 Å². The highest BCUT2D eigenvalue weighted by Crippen LogP contribution is 2.28. The van der Waals surface area contributed by atoms with Gasteiger partial charge in [0.15, 0.2) is 0 Å². The Labute approximate surface area is 171 Å². The zero-order chi connectivity index (χ0) is 21.1. The van der Waals surface area contributed by atoms with Crippen molar-refractivity contribution in [2.45, 2.75) is 6.42 Å². The molecular weight excluding hydrogens is 385 g/mol. The van der Waals surface area contributed by atoms with E-state index in [0.717, 1.165) is 22.0 Å². The van der Waals surface area contributed by atoms with Crippen molar-refractivity contribution < 1.29 is 19.0 Å². The van der Waals surface area contributed by atoms with Gasteiger partial charge in [0.05, 0.1) is 24.2 Å². The van der Waals surface area contributed by atoms with Crippen LogP contribution in [0.4, 0.5) is 20.7 Å². The molecule has 2 aromatic heterocycles. The molecule has 8 heteroatoms. The molecule has 0 radical (unpaired) electrons. The fourth-order valence-electron chi connectivity index (χ4n) is 3.17. The first-order valence-electron chi connectivity index (χ1n) is 9.22. The Hall–Kier alpha value is -4.20. The van der Waals surface area contributed by atoms with E-state index in [1.54, 1.807) is 12.1 Å². The Bertz CT molecular complexity index is 1220. The molecule has 0 aliphatic rings. The second kappa shape index (κ2) is 8.04. The van der Waals surface area contributed by atoms with Gasteiger partial charge in [-0.05, 0) is 35.4 Å². The molecule has 6 N–H and O–H groups in total. The maximum atomic E-state index is 12.9. The Morgan fingerprint density at radius 1 is 1.07 bits per heavy atom. The van der Waals surface area contributed by atoms with Crippen molar-refractivity contribution in [3.05, 3.63) is 78.4 Å². The molecule has 0 fully saturated rings. The summed E-state index contributed by atoms with van der Waals surface area (Å²) >= 11 is 0. The first kappa shape index (κ1) is 19.1. The van der Waals surface area contributed by atoms with Crippen LogP contribution in [-0.4, -0.2) is 16.9 Å². The zero-order valence-electron chi connectivity index (χ0n) is 15.8. The molecule has 0 saturated heterocycles. The maximum Gasteiger partial charge on any atom is 0.325 e. The van der Waals surface area contributed by atoms with E-state index in [1.165, 1.54) is 24.3 Å². The summed E-state index contributed by atoms with van der Waals surface area (Å²) in [5, 5.41) is 5.88. The van der Waals surface area contributed by atoms with Gasteiger partial charge in [-0.25, -0.2) is 14.2 Å². The number of hydrogen-bond acceptors (Lipinski definition) is 3. The number of anilines is 2. The summed E-state index contributed by atoms with van der Waals surface area (Å²) in [5.74, 6) is -0.296. The zero-order valence-corrected chi connectivity index (χ0v) is 15.8. The number of carbonyl (C=O) groups excluding carboxylic acids is 2. The number of carbonyl (C=O) groups is 2. The summed E-state index contributed by atoms with van der Waals surface area (Å²) < 4.78 is 12.9. The van der Waals surface area contributed by atoms with Crippen molar-refractivity contribution in [3.8, 4) is 11.1 Å². The van der Waals surface area contributed by atoms with Gasteiger partial charge in [-0.15, -0.1) is 0 Å². The molecular formula is C22H19FN5O2+. The largest absolute Gasteiger partial charge is 0.360 e. The number of hydrogen-bond donors (Lipinski definition) is 4. The molecule has 0 bridgehead atoms. The summed E-state index contributed by atoms with van der Waals surface area (Å²) in [5.41, 5.74) is 9.79. The SMILES string of the molecule is Nc1cc2[nH]cc(-c3ccc(NC(=O)NC(=O)Cc4ccc(F)cc4)cc3)c2c[nH+]1. The van der Waals surface area contributed by atoms with Gasteiger partial charge in [0, 0.05) is 22.8 Å². The third kappa shape index (κ3) is 4.27. The molecule has 0 spiro atoms. The van der Waals surface area contributed by atoms with Gasteiger partial charge in [0.2, 0.25) is 5.91 Å². The molecule has 7 nitrogen and oxygen atoms in total. The van der Waals surface area contributed by atoms with Gasteiger partial charge in [0.25, 0.3) is 5.82 Å². The van der Waals surface area contributed by atoms with Crippen molar-refractivity contribution in [2.75, 3.05) is 11.1 Å². The molecule has 0 aliphatic carbocycles. The van der Waals surface area contributed by atoms with Crippen molar-refractivity contribution >= 4 is 34.3 Å². The minimum absolute atomic E-state index is 0.0191. The lowest BCUT2D eigenvalue weighted by Gasteiger charge is -2.08. The highest BCUT2D eigenvalue weighted by Gasteiger charge is 2.11. The van der Waals surface area contributed by atoms with Crippen molar-refractivity contribution in [1.82, 2.24) is 10.3 Å². The number of benzene rings is 2. The fourth-order valence-corrected chi connectivity index (χ4v) is 3.17. The number of imide groups is 1. The highest BCUT2D eigenvalue weighted by atomic mass is 19.1. The molecule has 3 amide bonds. The van der Waals surface area contributed by atoms with Crippen molar-refractivity contribution in [1.29, 1.82) is 0 Å². The monoisotopic (exact) mass is 404 g/mol. The van der Waals surface area contributed by atoms with Crippen LogP contribution in [0.25, 0.3) is 22.0 Å². The van der Waals surface area contributed by atoms with Crippen LogP contribution in [0.2, 0.25) is 0 Å². The summed E-state index contributed by atoms with van der Waals surface area (Å²) in [4.78, 5) is 30.2. The smallest absolute Gasteiger partial charge is 0.325 e. The number of rotatable bonds is 4. The second-order valence-corrected chi connectivity index (χ2v) is 6.80. The standard InChI is InChI=1S/C22H18FN5O2/c23-15-5-1-13(2-6-15)9-21(29)28-22(30)27-16-7-3-14(4-8-16)17-11-25-19-10-20(24)26-12-18(17)19/h1-8,10-12,25H,9H2,(H2,24,26)(H2,27,28,29,30)/p+1. The normalized spacial score (nSPS) is 10.7. The average molecular weight is 404 g/mol. The highest BCUT2D eigenvalue weighted by molar-refractivity contribution is 6.02. The minimum atomic E-state index is -0.632. The number of aromatic nitrogens is 2. The van der Waals surface area contributed by atoms with Gasteiger partial charge in [-0.1, -0.05) is 24.3 Å². The van der Waals surface area contributed by atoms with E-state index in [1.807, 2.05) is 30.6 Å². The van der Waals surface area contributed by atoms with Crippen LogP contribution in [0.1, 0.15) is 5.56 Å². The number of H-pyrrole nitrogens is 2. The molecule has 4 aromatic rings. The molecule has 0 saturated carbocycles. The predicted molar refractivity (Wildman–Crippen MR) is 112 cm³/mol. The maximum absolute atomic E-state index is 12.9. The lowest BCUT2D eigenvalue weighted by Crippen LogP contribution is -2.35. The minimum Gasteiger partial charge on any atom is -0.360 e. The van der Waals surface area contributed by atoms with Crippen LogP contribution >= 0.6 is 0 Å². The van der Waals surface area contributed by atoms with E-state index < -0.39 is 11.9 Å². The fraction of sp³-hybridized carbons (Fsp3) is 0.0455. The number of nitrogens with one attached hydrogen (secondary N) is 4. The number of urea groups is 1. The Kier molecular flexibility index (Phi) is 5.13. The molecule has 0 atom stereocenters. The van der Waals surface area contributed by atoms with Gasteiger partial charge in [-0.3, -0.25) is 15.8 Å². The first-order valence-corrected chi connectivity index (χ1v) is 9.22. The lowest BCUT2D eigenvalue weighted by molar-refractivity contribution is -0.358. The molecule has 4 rings (SSSR count). The number of aromatic amines is 2. The average Bonchev–Trinajstić information content (AvgIpc) is 3.13. The van der Waals surface area contributed by atoms with E-state index in [4.69, 9.17) is 5.73 Å². The quantitative estimate of drug-likeness (QED) is 0.418. The number of nitrogens with two attached hydrogens (primary N) is 1. The molecule has 0 unspecified atom stereocenters. The molecule has 2 aromatic carbocycles. The summed E-state index contributed by atoms with van der Waals surface area (Å²) in [6.45, 7) is 0. The summed E-state index contributed by atoms with van der Waals surface area (Å²) in [6.07, 6.45) is 3.71. The Balaban J connectivity index is 1.38. The topological polar surface area (TPSA) is 114 Å². The third-order valence-electron chi connectivity index (χ3n) is 4.62. The van der Waals surface area contributed by atoms with Crippen LogP contribution in [-0.2, 0) is 11.2 Å². The van der Waals surface area contributed by atoms with Crippen LogP contribution in [0.3, 0.4) is 0 Å². The van der Waals surface area contributed by atoms with Crippen molar-refractivity contribution in [3.63, 3.8) is 0 Å². The van der Waals surface area contributed by atoms with Crippen LogP contribution < -0.4 is 21.4 Å². The van der Waals surface area contributed by atoms with E-state index in [9.17, 15) is 14.0 Å². The van der Waals surface area contributed by atoms with Gasteiger partial charge < -0.3 is 10.3 Å². The Morgan fingerprint density at radius 3 is 2.53 bits per heavy atom. The molecule has 2 heterocycles. The second-order valence-electron chi connectivity index (χ2n) is 6.80. The van der Waals surface area contributed by atoms with Crippen LogP contribution in [0, 0.1) is 5.82 Å². The summed E-state index contributed by atoms with van der Waals surface area (Å²) in [7, 11) is 0. The molecule has 30 heavy (non-hydrogen) atoms. The van der Waals surface area contributed by atoms with Gasteiger partial charge >= 0.3 is 6.03 Å². The first-order chi connectivity index (χ1) is 14.5. The number of pyridine rings is 1. The predicted octanol–water partition coefficient (Wildman–Crippen LogP) is 3.26. The van der Waals surface area contributed by atoms with Crippen molar-refractivity contribution in [2.24, 2.45) is 0 Å². The molecule has 0 aliphatic heterocycles. The number of fused-ring (bicyclic) bond motifs is 1. The number of halogens is 1. The Morgan fingerprint density at radius 2 is 1.80 bits per heavy atom. The summed E-state index contributed by atoms with van der Waals surface area (Å²) in [6, 6.07) is 14.0. The lowest BCUT2D eigenvalue weighted by atomic mass is 10.1. The van der Waals surface area contributed by atoms with E-state index in [-0.39, 0.29) is 12.2 Å².